The molecule has 1 heterocycles. The van der Waals surface area contributed by atoms with Gasteiger partial charge < -0.3 is 10.4 Å². The Morgan fingerprint density at radius 2 is 2.00 bits per heavy atom. The van der Waals surface area contributed by atoms with Gasteiger partial charge in [-0.05, 0) is 36.2 Å². The van der Waals surface area contributed by atoms with E-state index in [9.17, 15) is 5.11 Å². The number of aliphatic hydroxyl groups is 1. The van der Waals surface area contributed by atoms with E-state index in [1.807, 2.05) is 43.3 Å². The van der Waals surface area contributed by atoms with Gasteiger partial charge in [0.15, 0.2) is 0 Å². The minimum Gasteiger partial charge on any atom is -0.394 e. The van der Waals surface area contributed by atoms with Crippen LogP contribution >= 0.6 is 0 Å². The first kappa shape index (κ1) is 11.6. The second kappa shape index (κ2) is 5.46. The summed E-state index contributed by atoms with van der Waals surface area (Å²) >= 11 is 0. The average molecular weight is 228 g/mol. The third kappa shape index (κ3) is 2.82. The highest BCUT2D eigenvalue weighted by atomic mass is 16.3. The summed E-state index contributed by atoms with van der Waals surface area (Å²) in [5.41, 5.74) is 3.15. The third-order valence-electron chi connectivity index (χ3n) is 2.75. The maximum Gasteiger partial charge on any atom is 0.0762 e. The van der Waals surface area contributed by atoms with E-state index in [-0.39, 0.29) is 12.6 Å². The number of pyridine rings is 1. The van der Waals surface area contributed by atoms with Gasteiger partial charge in [0.2, 0.25) is 0 Å². The number of anilines is 1. The highest BCUT2D eigenvalue weighted by molar-refractivity contribution is 5.45. The van der Waals surface area contributed by atoms with Crippen molar-refractivity contribution in [2.24, 2.45) is 0 Å². The zero-order chi connectivity index (χ0) is 12.1. The molecule has 0 saturated carbocycles. The molecule has 3 heteroatoms. The van der Waals surface area contributed by atoms with Crippen molar-refractivity contribution < 1.29 is 5.11 Å². The molecular formula is C14H16N2O. The fourth-order valence-corrected chi connectivity index (χ4v) is 1.80. The van der Waals surface area contributed by atoms with E-state index in [1.165, 1.54) is 0 Å². The minimum absolute atomic E-state index is 0.0431. The summed E-state index contributed by atoms with van der Waals surface area (Å²) in [7, 11) is 0. The van der Waals surface area contributed by atoms with Crippen molar-refractivity contribution in [2.45, 2.75) is 13.0 Å². The Kier molecular flexibility index (Phi) is 3.73. The van der Waals surface area contributed by atoms with Gasteiger partial charge in [-0.15, -0.1) is 0 Å². The van der Waals surface area contributed by atoms with Gasteiger partial charge in [0, 0.05) is 18.1 Å². The van der Waals surface area contributed by atoms with Crippen LogP contribution in [0.1, 0.15) is 17.2 Å². The summed E-state index contributed by atoms with van der Waals surface area (Å²) in [5.74, 6) is 0. The molecule has 0 aliphatic heterocycles. The molecule has 2 rings (SSSR count). The van der Waals surface area contributed by atoms with Crippen molar-refractivity contribution in [2.75, 3.05) is 11.9 Å². The number of aromatic nitrogens is 1. The zero-order valence-electron chi connectivity index (χ0n) is 9.80. The van der Waals surface area contributed by atoms with Crippen molar-refractivity contribution in [1.82, 2.24) is 4.98 Å². The molecule has 0 bridgehead atoms. The normalized spacial score (nSPS) is 12.1. The van der Waals surface area contributed by atoms with Crippen LogP contribution < -0.4 is 5.32 Å². The number of benzene rings is 1. The molecule has 0 radical (unpaired) electrons. The number of nitrogens with one attached hydrogen (secondary N) is 1. The lowest BCUT2D eigenvalue weighted by molar-refractivity contribution is 0.276. The summed E-state index contributed by atoms with van der Waals surface area (Å²) in [6.45, 7) is 2.06. The highest BCUT2D eigenvalue weighted by Crippen LogP contribution is 2.20. The lowest BCUT2D eigenvalue weighted by Crippen LogP contribution is -2.16. The van der Waals surface area contributed by atoms with Gasteiger partial charge in [-0.25, -0.2) is 0 Å². The highest BCUT2D eigenvalue weighted by Gasteiger charge is 2.12. The van der Waals surface area contributed by atoms with E-state index < -0.39 is 0 Å². The van der Waals surface area contributed by atoms with Gasteiger partial charge in [0.25, 0.3) is 0 Å². The van der Waals surface area contributed by atoms with E-state index in [0.29, 0.717) is 0 Å². The Bertz CT molecular complexity index is 471. The predicted octanol–water partition coefficient (Wildman–Crippen LogP) is 2.54. The molecule has 3 nitrogen and oxygen atoms in total. The second-order valence-electron chi connectivity index (χ2n) is 3.98. The monoisotopic (exact) mass is 228 g/mol. The standard InChI is InChI=1S/C14H16N2O/c1-11-7-8-15-9-13(11)14(10-17)16-12-5-3-2-4-6-12/h2-9,14,16-17H,10H2,1H3. The minimum atomic E-state index is -0.119. The maximum absolute atomic E-state index is 9.47. The van der Waals surface area contributed by atoms with Crippen LogP contribution in [0.3, 0.4) is 0 Å². The largest absolute Gasteiger partial charge is 0.394 e. The molecule has 2 aromatic rings. The SMILES string of the molecule is Cc1ccncc1C(CO)Nc1ccccc1. The van der Waals surface area contributed by atoms with E-state index in [2.05, 4.69) is 10.3 Å². The van der Waals surface area contributed by atoms with Crippen molar-refractivity contribution >= 4 is 5.69 Å². The van der Waals surface area contributed by atoms with Gasteiger partial charge >= 0.3 is 0 Å². The first-order chi connectivity index (χ1) is 8.31. The van der Waals surface area contributed by atoms with Gasteiger partial charge in [0.05, 0.1) is 12.6 Å². The molecule has 0 fully saturated rings. The van der Waals surface area contributed by atoms with Crippen molar-refractivity contribution in [3.05, 3.63) is 59.9 Å². The van der Waals surface area contributed by atoms with Crippen LogP contribution in [0.4, 0.5) is 5.69 Å². The van der Waals surface area contributed by atoms with Gasteiger partial charge in [-0.2, -0.15) is 0 Å². The Morgan fingerprint density at radius 1 is 1.24 bits per heavy atom. The van der Waals surface area contributed by atoms with Crippen LogP contribution in [0, 0.1) is 6.92 Å². The molecule has 88 valence electrons. The summed E-state index contributed by atoms with van der Waals surface area (Å²) in [6, 6.07) is 11.7. The third-order valence-corrected chi connectivity index (χ3v) is 2.75. The molecule has 0 amide bonds. The summed E-state index contributed by atoms with van der Waals surface area (Å²) in [6.07, 6.45) is 3.56. The van der Waals surface area contributed by atoms with Crippen LogP contribution in [0.2, 0.25) is 0 Å². The van der Waals surface area contributed by atoms with Gasteiger partial charge in [0.1, 0.15) is 0 Å². The Hall–Kier alpha value is -1.87. The zero-order valence-corrected chi connectivity index (χ0v) is 9.80. The smallest absolute Gasteiger partial charge is 0.0762 e. The number of aliphatic hydroxyl groups excluding tert-OH is 1. The average Bonchev–Trinajstić information content (AvgIpc) is 2.38. The van der Waals surface area contributed by atoms with E-state index >= 15 is 0 Å². The van der Waals surface area contributed by atoms with E-state index in [0.717, 1.165) is 16.8 Å². The molecule has 0 spiro atoms. The number of hydrogen-bond acceptors (Lipinski definition) is 3. The van der Waals surface area contributed by atoms with E-state index in [1.54, 1.807) is 12.4 Å². The predicted molar refractivity (Wildman–Crippen MR) is 68.9 cm³/mol. The molecule has 0 aliphatic carbocycles. The molecule has 1 unspecified atom stereocenters. The molecule has 1 aromatic carbocycles. The lowest BCUT2D eigenvalue weighted by atomic mass is 10.0. The fourth-order valence-electron chi connectivity index (χ4n) is 1.80. The first-order valence-corrected chi connectivity index (χ1v) is 5.64. The number of para-hydroxylation sites is 1. The Morgan fingerprint density at radius 3 is 2.65 bits per heavy atom. The Labute approximate surface area is 101 Å². The van der Waals surface area contributed by atoms with Crippen LogP contribution in [-0.4, -0.2) is 16.7 Å². The van der Waals surface area contributed by atoms with Crippen LogP contribution in [-0.2, 0) is 0 Å². The number of nitrogens with zero attached hydrogens (tertiary/aromatic N) is 1. The molecule has 1 aromatic heterocycles. The quantitative estimate of drug-likeness (QED) is 0.845. The van der Waals surface area contributed by atoms with E-state index in [4.69, 9.17) is 0 Å². The maximum atomic E-state index is 9.47. The number of rotatable bonds is 4. The topological polar surface area (TPSA) is 45.2 Å². The molecule has 17 heavy (non-hydrogen) atoms. The van der Waals surface area contributed by atoms with Crippen LogP contribution in [0.25, 0.3) is 0 Å². The number of hydrogen-bond donors (Lipinski definition) is 2. The summed E-state index contributed by atoms with van der Waals surface area (Å²) in [5, 5.41) is 12.8. The molecule has 2 N–H and O–H groups in total. The number of aryl methyl sites for hydroxylation is 1. The lowest BCUT2D eigenvalue weighted by Gasteiger charge is -2.19. The van der Waals surface area contributed by atoms with Gasteiger partial charge in [-0.1, -0.05) is 18.2 Å². The molecule has 1 atom stereocenters. The van der Waals surface area contributed by atoms with Crippen molar-refractivity contribution in [3.8, 4) is 0 Å². The van der Waals surface area contributed by atoms with Crippen molar-refractivity contribution in [3.63, 3.8) is 0 Å². The molecule has 0 aliphatic rings. The van der Waals surface area contributed by atoms with Crippen LogP contribution in [0.15, 0.2) is 48.8 Å². The molecule has 0 saturated heterocycles. The van der Waals surface area contributed by atoms with Crippen LogP contribution in [0.5, 0.6) is 0 Å². The van der Waals surface area contributed by atoms with Crippen molar-refractivity contribution in [1.29, 1.82) is 0 Å². The molecular weight excluding hydrogens is 212 g/mol. The second-order valence-corrected chi connectivity index (χ2v) is 3.98. The van der Waals surface area contributed by atoms with Gasteiger partial charge in [-0.3, -0.25) is 4.98 Å². The first-order valence-electron chi connectivity index (χ1n) is 5.64. The summed E-state index contributed by atoms with van der Waals surface area (Å²) < 4.78 is 0. The Balaban J connectivity index is 2.21. The summed E-state index contributed by atoms with van der Waals surface area (Å²) in [4.78, 5) is 4.10. The fraction of sp³-hybridized carbons (Fsp3) is 0.214.